The van der Waals surface area contributed by atoms with Gasteiger partial charge in [0.05, 0.1) is 32.8 Å². The lowest BCUT2D eigenvalue weighted by molar-refractivity contribution is 0.0685. The van der Waals surface area contributed by atoms with E-state index in [4.69, 9.17) is 23.2 Å². The SMILES string of the molecule is Cc1cncc(-c2nc(C)c(C(=O)O)n2Cc2cc(Cl)sc2Cl)n1. The van der Waals surface area contributed by atoms with Crippen LogP contribution in [0.5, 0.6) is 0 Å². The van der Waals surface area contributed by atoms with Gasteiger partial charge in [-0.05, 0) is 19.9 Å². The van der Waals surface area contributed by atoms with E-state index in [9.17, 15) is 9.90 Å². The lowest BCUT2D eigenvalue weighted by atomic mass is 10.3. The topological polar surface area (TPSA) is 80.9 Å². The Bertz CT molecular complexity index is 936. The van der Waals surface area contributed by atoms with E-state index in [2.05, 4.69) is 15.0 Å². The summed E-state index contributed by atoms with van der Waals surface area (Å²) in [4.78, 5) is 24.6. The minimum atomic E-state index is -1.07. The van der Waals surface area contributed by atoms with E-state index in [1.807, 2.05) is 6.92 Å². The van der Waals surface area contributed by atoms with E-state index in [-0.39, 0.29) is 12.2 Å². The van der Waals surface area contributed by atoms with Gasteiger partial charge in [0, 0.05) is 11.8 Å². The molecule has 0 radical (unpaired) electrons. The lowest BCUT2D eigenvalue weighted by Crippen LogP contribution is -2.12. The zero-order valence-corrected chi connectivity index (χ0v) is 15.1. The number of halogens is 2. The van der Waals surface area contributed by atoms with Crippen molar-refractivity contribution in [2.45, 2.75) is 20.4 Å². The highest BCUT2D eigenvalue weighted by molar-refractivity contribution is 7.20. The van der Waals surface area contributed by atoms with Gasteiger partial charge in [0.2, 0.25) is 0 Å². The van der Waals surface area contributed by atoms with Gasteiger partial charge >= 0.3 is 5.97 Å². The Morgan fingerprint density at radius 2 is 2.04 bits per heavy atom. The molecular formula is C15H12Cl2N4O2S. The number of thiophene rings is 1. The number of imidazole rings is 1. The van der Waals surface area contributed by atoms with Crippen LogP contribution in [-0.2, 0) is 6.54 Å². The fraction of sp³-hybridized carbons (Fsp3) is 0.200. The van der Waals surface area contributed by atoms with Crippen molar-refractivity contribution in [2.75, 3.05) is 0 Å². The summed E-state index contributed by atoms with van der Waals surface area (Å²) in [6.07, 6.45) is 3.18. The summed E-state index contributed by atoms with van der Waals surface area (Å²) in [6, 6.07) is 1.72. The first-order valence-corrected chi connectivity index (χ1v) is 8.47. The molecule has 0 aromatic carbocycles. The first-order valence-electron chi connectivity index (χ1n) is 6.90. The average Bonchev–Trinajstić information content (AvgIpc) is 2.99. The smallest absolute Gasteiger partial charge is 0.354 e. The van der Waals surface area contributed by atoms with Crippen LogP contribution in [0, 0.1) is 13.8 Å². The molecule has 0 spiro atoms. The fourth-order valence-corrected chi connectivity index (χ4v) is 3.89. The highest BCUT2D eigenvalue weighted by Gasteiger charge is 2.23. The summed E-state index contributed by atoms with van der Waals surface area (Å²) in [5, 5.41) is 9.56. The Balaban J connectivity index is 2.18. The van der Waals surface area contributed by atoms with Crippen molar-refractivity contribution in [3.63, 3.8) is 0 Å². The highest BCUT2D eigenvalue weighted by atomic mass is 35.5. The van der Waals surface area contributed by atoms with Crippen molar-refractivity contribution in [1.29, 1.82) is 0 Å². The second-order valence-corrected chi connectivity index (χ2v) is 7.44. The van der Waals surface area contributed by atoms with Crippen molar-refractivity contribution in [2.24, 2.45) is 0 Å². The summed E-state index contributed by atoms with van der Waals surface area (Å²) in [6.45, 7) is 3.69. The number of aryl methyl sites for hydroxylation is 2. The van der Waals surface area contributed by atoms with Crippen LogP contribution in [0.1, 0.15) is 27.4 Å². The minimum Gasteiger partial charge on any atom is -0.477 e. The van der Waals surface area contributed by atoms with Crippen LogP contribution >= 0.6 is 34.5 Å². The lowest BCUT2D eigenvalue weighted by Gasteiger charge is -2.09. The molecule has 3 aromatic heterocycles. The molecule has 3 rings (SSSR count). The molecule has 24 heavy (non-hydrogen) atoms. The number of aromatic carboxylic acids is 1. The maximum atomic E-state index is 11.7. The summed E-state index contributed by atoms with van der Waals surface area (Å²) >= 11 is 13.4. The van der Waals surface area contributed by atoms with Crippen molar-refractivity contribution in [3.05, 3.63) is 49.8 Å². The van der Waals surface area contributed by atoms with Crippen LogP contribution in [0.3, 0.4) is 0 Å². The molecule has 6 nitrogen and oxygen atoms in total. The zero-order chi connectivity index (χ0) is 17.4. The summed E-state index contributed by atoms with van der Waals surface area (Å²) < 4.78 is 2.63. The van der Waals surface area contributed by atoms with Crippen LogP contribution in [0.2, 0.25) is 8.67 Å². The monoisotopic (exact) mass is 382 g/mol. The average molecular weight is 383 g/mol. The van der Waals surface area contributed by atoms with E-state index in [1.165, 1.54) is 11.3 Å². The molecule has 124 valence electrons. The van der Waals surface area contributed by atoms with Crippen LogP contribution < -0.4 is 0 Å². The van der Waals surface area contributed by atoms with Crippen molar-refractivity contribution in [1.82, 2.24) is 19.5 Å². The quantitative estimate of drug-likeness (QED) is 0.735. The third kappa shape index (κ3) is 3.15. The molecule has 1 N–H and O–H groups in total. The Morgan fingerprint density at radius 3 is 2.62 bits per heavy atom. The van der Waals surface area contributed by atoms with Crippen molar-refractivity contribution < 1.29 is 9.90 Å². The first kappa shape index (κ1) is 16.9. The molecule has 0 fully saturated rings. The fourth-order valence-electron chi connectivity index (χ4n) is 2.42. The molecule has 0 unspecified atom stereocenters. The third-order valence-corrected chi connectivity index (χ3v) is 4.95. The number of hydrogen-bond acceptors (Lipinski definition) is 5. The number of carboxylic acid groups (broad SMARTS) is 1. The van der Waals surface area contributed by atoms with Gasteiger partial charge in [-0.3, -0.25) is 4.98 Å². The summed E-state index contributed by atoms with van der Waals surface area (Å²) in [7, 11) is 0. The van der Waals surface area contributed by atoms with E-state index in [1.54, 1.807) is 30.0 Å². The Hall–Kier alpha value is -1.96. The number of carbonyl (C=O) groups is 1. The molecule has 0 atom stereocenters. The Labute approximate surface area is 151 Å². The van der Waals surface area contributed by atoms with E-state index in [0.717, 1.165) is 5.56 Å². The van der Waals surface area contributed by atoms with E-state index < -0.39 is 5.97 Å². The van der Waals surface area contributed by atoms with Gasteiger partial charge in [-0.1, -0.05) is 23.2 Å². The number of rotatable bonds is 4. The van der Waals surface area contributed by atoms with Gasteiger partial charge in [-0.2, -0.15) is 0 Å². The minimum absolute atomic E-state index is 0.0895. The molecule has 0 aliphatic heterocycles. The molecule has 0 bridgehead atoms. The van der Waals surface area contributed by atoms with Crippen LogP contribution in [0.4, 0.5) is 0 Å². The third-order valence-electron chi connectivity index (χ3n) is 3.38. The van der Waals surface area contributed by atoms with Gasteiger partial charge in [0.15, 0.2) is 11.5 Å². The van der Waals surface area contributed by atoms with Crippen LogP contribution in [0.15, 0.2) is 18.5 Å². The van der Waals surface area contributed by atoms with Gasteiger partial charge in [-0.15, -0.1) is 11.3 Å². The maximum absolute atomic E-state index is 11.7. The predicted molar refractivity (Wildman–Crippen MR) is 93.1 cm³/mol. The molecule has 0 aliphatic rings. The first-order chi connectivity index (χ1) is 11.4. The second-order valence-electron chi connectivity index (χ2n) is 5.16. The molecule has 9 heteroatoms. The number of carboxylic acids is 1. The van der Waals surface area contributed by atoms with Crippen LogP contribution in [-0.4, -0.2) is 30.6 Å². The summed E-state index contributed by atoms with van der Waals surface area (Å²) in [5.74, 6) is -0.635. The molecular weight excluding hydrogens is 371 g/mol. The largest absolute Gasteiger partial charge is 0.477 e. The summed E-state index contributed by atoms with van der Waals surface area (Å²) in [5.41, 5.74) is 2.44. The predicted octanol–water partition coefficient (Wildman–Crippen LogP) is 4.07. The Kier molecular flexibility index (Phi) is 4.58. The van der Waals surface area contributed by atoms with Gasteiger partial charge in [0.25, 0.3) is 0 Å². The van der Waals surface area contributed by atoms with Gasteiger partial charge < -0.3 is 9.67 Å². The number of aromatic nitrogens is 4. The molecule has 3 heterocycles. The molecule has 0 saturated heterocycles. The van der Waals surface area contributed by atoms with Crippen molar-refractivity contribution in [3.8, 4) is 11.5 Å². The van der Waals surface area contributed by atoms with Gasteiger partial charge in [-0.25, -0.2) is 14.8 Å². The molecule has 3 aromatic rings. The molecule has 0 saturated carbocycles. The standard InChI is InChI=1S/C15H12Cl2N4O2S/c1-7-4-18-5-10(19-7)14-20-8(2)12(15(22)23)21(14)6-9-3-11(16)24-13(9)17/h3-5H,6H2,1-2H3,(H,22,23). The molecule has 0 amide bonds. The highest BCUT2D eigenvalue weighted by Crippen LogP contribution is 2.33. The van der Waals surface area contributed by atoms with Crippen molar-refractivity contribution >= 4 is 40.5 Å². The Morgan fingerprint density at radius 1 is 1.29 bits per heavy atom. The van der Waals surface area contributed by atoms with E-state index in [0.29, 0.717) is 31.6 Å². The maximum Gasteiger partial charge on any atom is 0.354 e. The second kappa shape index (κ2) is 6.51. The zero-order valence-electron chi connectivity index (χ0n) is 12.7. The van der Waals surface area contributed by atoms with Gasteiger partial charge in [0.1, 0.15) is 5.69 Å². The number of nitrogens with zero attached hydrogens (tertiary/aromatic N) is 4. The normalized spacial score (nSPS) is 11.0. The van der Waals surface area contributed by atoms with Crippen LogP contribution in [0.25, 0.3) is 11.5 Å². The number of hydrogen-bond donors (Lipinski definition) is 1. The van der Waals surface area contributed by atoms with E-state index >= 15 is 0 Å². The molecule has 0 aliphatic carbocycles.